The Hall–Kier alpha value is -1.60. The van der Waals surface area contributed by atoms with E-state index in [-0.39, 0.29) is 5.91 Å². The number of aromatic nitrogens is 1. The van der Waals surface area contributed by atoms with Gasteiger partial charge in [0, 0.05) is 5.56 Å². The van der Waals surface area contributed by atoms with E-state index in [1.54, 1.807) is 31.4 Å². The van der Waals surface area contributed by atoms with E-state index >= 15 is 0 Å². The molecule has 0 saturated heterocycles. The Kier molecular flexibility index (Phi) is 4.61. The maximum absolute atomic E-state index is 12.1. The van der Waals surface area contributed by atoms with Gasteiger partial charge in [-0.2, -0.15) is 0 Å². The zero-order valence-electron chi connectivity index (χ0n) is 10.5. The van der Waals surface area contributed by atoms with Crippen molar-refractivity contribution in [2.45, 2.75) is 0 Å². The summed E-state index contributed by atoms with van der Waals surface area (Å²) in [7, 11) is 1.56. The number of carbonyl (C=O) groups is 1. The average Bonchev–Trinajstić information content (AvgIpc) is 2.41. The highest BCUT2D eigenvalue weighted by atomic mass is 79.9. The molecule has 2 rings (SSSR count). The molecule has 0 atom stereocenters. The largest absolute Gasteiger partial charge is 0.496 e. The number of nitrogens with two attached hydrogens (primary N) is 1. The Bertz CT molecular complexity index is 662. The van der Waals surface area contributed by atoms with Crippen LogP contribution < -0.4 is 15.8 Å². The summed E-state index contributed by atoms with van der Waals surface area (Å²) in [6, 6.07) is 6.74. The van der Waals surface area contributed by atoms with Gasteiger partial charge in [0.05, 0.1) is 27.9 Å². The molecule has 0 aliphatic carbocycles. The Morgan fingerprint density at radius 2 is 2.05 bits per heavy atom. The molecule has 1 aromatic heterocycles. The number of ether oxygens (including phenoxy) is 1. The third-order valence-corrected chi connectivity index (χ3v) is 3.73. The van der Waals surface area contributed by atoms with Crippen molar-refractivity contribution in [2.75, 3.05) is 18.2 Å². The number of rotatable bonds is 3. The van der Waals surface area contributed by atoms with Crippen molar-refractivity contribution in [3.05, 3.63) is 45.0 Å². The molecule has 0 aliphatic heterocycles. The van der Waals surface area contributed by atoms with E-state index in [0.29, 0.717) is 31.8 Å². The fraction of sp³-hybridized carbons (Fsp3) is 0.0769. The molecule has 0 unspecified atom stereocenters. The number of nitrogens with one attached hydrogen (secondary N) is 1. The Balaban J connectivity index is 2.21. The molecule has 0 aliphatic rings. The first-order valence-electron chi connectivity index (χ1n) is 5.57. The molecule has 0 fully saturated rings. The number of hydrogen-bond donors (Lipinski definition) is 2. The lowest BCUT2D eigenvalue weighted by Gasteiger charge is -2.08. The van der Waals surface area contributed by atoms with Gasteiger partial charge in [-0.25, -0.2) is 4.98 Å². The zero-order valence-corrected chi connectivity index (χ0v) is 13.7. The predicted molar refractivity (Wildman–Crippen MR) is 85.0 cm³/mol. The summed E-state index contributed by atoms with van der Waals surface area (Å²) in [4.78, 5) is 16.2. The Labute approximate surface area is 132 Å². The Morgan fingerprint density at radius 3 is 2.65 bits per heavy atom. The SMILES string of the molecule is COc1ccc(C(=O)Nc2ncc(N)cc2Br)cc1Br. The van der Waals surface area contributed by atoms with Gasteiger partial charge in [-0.3, -0.25) is 4.79 Å². The lowest BCUT2D eigenvalue weighted by atomic mass is 10.2. The van der Waals surface area contributed by atoms with E-state index in [1.807, 2.05) is 0 Å². The van der Waals surface area contributed by atoms with Gasteiger partial charge in [-0.05, 0) is 56.1 Å². The van der Waals surface area contributed by atoms with Crippen molar-refractivity contribution >= 4 is 49.3 Å². The molecule has 1 heterocycles. The fourth-order valence-corrected chi connectivity index (χ4v) is 2.54. The van der Waals surface area contributed by atoms with Gasteiger partial charge in [0.15, 0.2) is 0 Å². The molecular weight excluding hydrogens is 390 g/mol. The van der Waals surface area contributed by atoms with Crippen LogP contribution in [0.5, 0.6) is 5.75 Å². The van der Waals surface area contributed by atoms with Crippen LogP contribution >= 0.6 is 31.9 Å². The molecule has 5 nitrogen and oxygen atoms in total. The van der Waals surface area contributed by atoms with Gasteiger partial charge in [-0.15, -0.1) is 0 Å². The Morgan fingerprint density at radius 1 is 1.30 bits per heavy atom. The number of carbonyl (C=O) groups excluding carboxylic acids is 1. The van der Waals surface area contributed by atoms with E-state index in [9.17, 15) is 4.79 Å². The quantitative estimate of drug-likeness (QED) is 0.827. The van der Waals surface area contributed by atoms with Crippen molar-refractivity contribution < 1.29 is 9.53 Å². The molecule has 0 radical (unpaired) electrons. The monoisotopic (exact) mass is 399 g/mol. The van der Waals surface area contributed by atoms with Gasteiger partial charge in [0.25, 0.3) is 5.91 Å². The second kappa shape index (κ2) is 6.23. The minimum atomic E-state index is -0.272. The molecule has 2 aromatic rings. The second-order valence-corrected chi connectivity index (χ2v) is 5.61. The maximum Gasteiger partial charge on any atom is 0.256 e. The van der Waals surface area contributed by atoms with Crippen LogP contribution in [-0.2, 0) is 0 Å². The molecule has 1 amide bonds. The average molecular weight is 401 g/mol. The maximum atomic E-state index is 12.1. The highest BCUT2D eigenvalue weighted by molar-refractivity contribution is 9.11. The molecule has 7 heteroatoms. The third kappa shape index (κ3) is 3.29. The van der Waals surface area contributed by atoms with Gasteiger partial charge < -0.3 is 15.8 Å². The molecule has 20 heavy (non-hydrogen) atoms. The van der Waals surface area contributed by atoms with Crippen LogP contribution in [0.4, 0.5) is 11.5 Å². The molecule has 1 aromatic carbocycles. The van der Waals surface area contributed by atoms with Gasteiger partial charge >= 0.3 is 0 Å². The van der Waals surface area contributed by atoms with Crippen LogP contribution in [0.1, 0.15) is 10.4 Å². The molecule has 0 spiro atoms. The molecular formula is C13H11Br2N3O2. The van der Waals surface area contributed by atoms with Crippen LogP contribution in [0, 0.1) is 0 Å². The zero-order chi connectivity index (χ0) is 14.7. The van der Waals surface area contributed by atoms with Crippen LogP contribution in [0.25, 0.3) is 0 Å². The van der Waals surface area contributed by atoms with Gasteiger partial charge in [0.1, 0.15) is 11.6 Å². The number of nitrogen functional groups attached to an aromatic ring is 1. The number of anilines is 2. The molecule has 104 valence electrons. The van der Waals surface area contributed by atoms with Crippen molar-refractivity contribution in [3.8, 4) is 5.75 Å². The molecule has 3 N–H and O–H groups in total. The van der Waals surface area contributed by atoms with E-state index in [1.165, 1.54) is 6.20 Å². The van der Waals surface area contributed by atoms with Crippen LogP contribution in [0.2, 0.25) is 0 Å². The summed E-state index contributed by atoms with van der Waals surface area (Å²) in [6.45, 7) is 0. The summed E-state index contributed by atoms with van der Waals surface area (Å²) >= 11 is 6.64. The summed E-state index contributed by atoms with van der Waals surface area (Å²) in [5, 5.41) is 2.70. The minimum Gasteiger partial charge on any atom is -0.496 e. The highest BCUT2D eigenvalue weighted by Gasteiger charge is 2.11. The van der Waals surface area contributed by atoms with Gasteiger partial charge in [-0.1, -0.05) is 0 Å². The third-order valence-electron chi connectivity index (χ3n) is 2.51. The summed E-state index contributed by atoms with van der Waals surface area (Å²) in [5.41, 5.74) is 6.60. The molecule has 0 bridgehead atoms. The summed E-state index contributed by atoms with van der Waals surface area (Å²) in [6.07, 6.45) is 1.48. The van der Waals surface area contributed by atoms with Crippen LogP contribution in [0.15, 0.2) is 39.4 Å². The van der Waals surface area contributed by atoms with E-state index in [4.69, 9.17) is 10.5 Å². The first-order chi connectivity index (χ1) is 9.51. The van der Waals surface area contributed by atoms with Crippen LogP contribution in [0.3, 0.4) is 0 Å². The number of hydrogen-bond acceptors (Lipinski definition) is 4. The lowest BCUT2D eigenvalue weighted by Crippen LogP contribution is -2.13. The smallest absolute Gasteiger partial charge is 0.256 e. The number of methoxy groups -OCH3 is 1. The van der Waals surface area contributed by atoms with Crippen molar-refractivity contribution in [3.63, 3.8) is 0 Å². The van der Waals surface area contributed by atoms with Crippen LogP contribution in [-0.4, -0.2) is 18.0 Å². The highest BCUT2D eigenvalue weighted by Crippen LogP contribution is 2.27. The van der Waals surface area contributed by atoms with Crippen molar-refractivity contribution in [1.82, 2.24) is 4.98 Å². The van der Waals surface area contributed by atoms with Crippen molar-refractivity contribution in [2.24, 2.45) is 0 Å². The summed E-state index contributed by atoms with van der Waals surface area (Å²) in [5.74, 6) is 0.802. The lowest BCUT2D eigenvalue weighted by molar-refractivity contribution is 0.102. The minimum absolute atomic E-state index is 0.272. The van der Waals surface area contributed by atoms with E-state index < -0.39 is 0 Å². The molecule has 0 saturated carbocycles. The number of amides is 1. The van der Waals surface area contributed by atoms with Crippen molar-refractivity contribution in [1.29, 1.82) is 0 Å². The standard InChI is InChI=1S/C13H11Br2N3O2/c1-20-11-3-2-7(4-9(11)14)13(19)18-12-10(15)5-8(16)6-17-12/h2-6H,16H2,1H3,(H,17,18,19). The normalized spacial score (nSPS) is 10.2. The fourth-order valence-electron chi connectivity index (χ4n) is 1.53. The predicted octanol–water partition coefficient (Wildman–Crippen LogP) is 3.45. The van der Waals surface area contributed by atoms with E-state index in [0.717, 1.165) is 0 Å². The topological polar surface area (TPSA) is 77.2 Å². The van der Waals surface area contributed by atoms with Gasteiger partial charge in [0.2, 0.25) is 0 Å². The number of benzene rings is 1. The first kappa shape index (κ1) is 14.8. The second-order valence-electron chi connectivity index (χ2n) is 3.90. The summed E-state index contributed by atoms with van der Waals surface area (Å²) < 4.78 is 6.45. The van der Waals surface area contributed by atoms with E-state index in [2.05, 4.69) is 42.2 Å². The number of nitrogens with zero attached hydrogens (tertiary/aromatic N) is 1. The number of halogens is 2. The first-order valence-corrected chi connectivity index (χ1v) is 7.15. The number of pyridine rings is 1.